The average Bonchev–Trinajstić information content (AvgIpc) is 2.36. The van der Waals surface area contributed by atoms with Gasteiger partial charge in [-0.3, -0.25) is 0 Å². The zero-order valence-corrected chi connectivity index (χ0v) is 9.98. The van der Waals surface area contributed by atoms with Gasteiger partial charge in [-0.1, -0.05) is 11.6 Å². The lowest BCUT2D eigenvalue weighted by molar-refractivity contribution is 0.0252. The first-order valence-electron chi connectivity index (χ1n) is 5.19. The van der Waals surface area contributed by atoms with Crippen LogP contribution in [0.1, 0.15) is 11.7 Å². The van der Waals surface area contributed by atoms with Crippen LogP contribution in [0.3, 0.4) is 0 Å². The SMILES string of the molecule is COc1c(F)c(Cl)cc(C2CNCCO2)c1F. The molecule has 0 radical (unpaired) electrons. The number of ether oxygens (including phenoxy) is 2. The van der Waals surface area contributed by atoms with E-state index in [-0.39, 0.29) is 10.6 Å². The quantitative estimate of drug-likeness (QED) is 0.831. The molecule has 1 saturated heterocycles. The third kappa shape index (κ3) is 2.36. The van der Waals surface area contributed by atoms with Crippen molar-refractivity contribution >= 4 is 11.6 Å². The van der Waals surface area contributed by atoms with E-state index >= 15 is 0 Å². The fourth-order valence-corrected chi connectivity index (χ4v) is 1.98. The summed E-state index contributed by atoms with van der Waals surface area (Å²) in [6, 6.07) is 1.24. The Balaban J connectivity index is 2.42. The maximum Gasteiger partial charge on any atom is 0.192 e. The summed E-state index contributed by atoms with van der Waals surface area (Å²) in [5, 5.41) is 2.89. The lowest BCUT2D eigenvalue weighted by Crippen LogP contribution is -2.33. The fraction of sp³-hybridized carbons (Fsp3) is 0.455. The van der Waals surface area contributed by atoms with Gasteiger partial charge in [-0.25, -0.2) is 8.78 Å². The molecule has 0 aliphatic carbocycles. The molecular weight excluding hydrogens is 252 g/mol. The third-order valence-corrected chi connectivity index (χ3v) is 2.90. The predicted octanol–water partition coefficient (Wildman–Crippen LogP) is 2.29. The molecule has 0 aromatic heterocycles. The van der Waals surface area contributed by atoms with Crippen molar-refractivity contribution < 1.29 is 18.3 Å². The normalized spacial score (nSPS) is 20.4. The van der Waals surface area contributed by atoms with Gasteiger partial charge in [0.1, 0.15) is 0 Å². The van der Waals surface area contributed by atoms with E-state index in [9.17, 15) is 8.78 Å². The molecule has 0 bridgehead atoms. The van der Waals surface area contributed by atoms with Crippen molar-refractivity contribution in [3.63, 3.8) is 0 Å². The third-order valence-electron chi connectivity index (χ3n) is 2.62. The Morgan fingerprint density at radius 2 is 2.24 bits per heavy atom. The number of rotatable bonds is 2. The van der Waals surface area contributed by atoms with E-state index < -0.39 is 23.5 Å². The zero-order chi connectivity index (χ0) is 12.4. The lowest BCUT2D eigenvalue weighted by atomic mass is 10.1. The molecule has 1 aromatic carbocycles. The van der Waals surface area contributed by atoms with Gasteiger partial charge in [0.15, 0.2) is 17.4 Å². The highest BCUT2D eigenvalue weighted by atomic mass is 35.5. The van der Waals surface area contributed by atoms with Crippen LogP contribution in [0.2, 0.25) is 5.02 Å². The second kappa shape index (κ2) is 5.16. The van der Waals surface area contributed by atoms with Crippen LogP contribution in [-0.4, -0.2) is 26.8 Å². The van der Waals surface area contributed by atoms with Crippen LogP contribution in [0.15, 0.2) is 6.07 Å². The van der Waals surface area contributed by atoms with Gasteiger partial charge in [-0.2, -0.15) is 0 Å². The van der Waals surface area contributed by atoms with E-state index in [1.165, 1.54) is 13.2 Å². The summed E-state index contributed by atoms with van der Waals surface area (Å²) in [6.45, 7) is 1.65. The Bertz CT molecular complexity index is 422. The number of methoxy groups -OCH3 is 1. The molecule has 2 rings (SSSR count). The van der Waals surface area contributed by atoms with Gasteiger partial charge in [0.2, 0.25) is 0 Å². The van der Waals surface area contributed by atoms with E-state index in [0.717, 1.165) is 0 Å². The number of hydrogen-bond acceptors (Lipinski definition) is 3. The summed E-state index contributed by atoms with van der Waals surface area (Å²) in [6.07, 6.45) is -0.476. The minimum absolute atomic E-state index is 0.174. The molecule has 1 heterocycles. The Labute approximate surface area is 103 Å². The van der Waals surface area contributed by atoms with Crippen molar-refractivity contribution in [1.29, 1.82) is 0 Å². The maximum atomic E-state index is 14.0. The molecule has 0 spiro atoms. The number of hydrogen-bond donors (Lipinski definition) is 1. The van der Waals surface area contributed by atoms with E-state index in [0.29, 0.717) is 19.7 Å². The number of benzene rings is 1. The van der Waals surface area contributed by atoms with Crippen molar-refractivity contribution in [3.8, 4) is 5.75 Å². The van der Waals surface area contributed by atoms with E-state index in [4.69, 9.17) is 16.3 Å². The zero-order valence-electron chi connectivity index (χ0n) is 9.23. The molecule has 1 atom stereocenters. The highest BCUT2D eigenvalue weighted by Crippen LogP contribution is 2.34. The second-order valence-electron chi connectivity index (χ2n) is 3.67. The molecule has 1 fully saturated rings. The van der Waals surface area contributed by atoms with Crippen LogP contribution in [0, 0.1) is 11.6 Å². The van der Waals surface area contributed by atoms with E-state index in [1.54, 1.807) is 0 Å². The Kier molecular flexibility index (Phi) is 3.81. The largest absolute Gasteiger partial charge is 0.491 e. The van der Waals surface area contributed by atoms with Crippen LogP contribution < -0.4 is 10.1 Å². The van der Waals surface area contributed by atoms with Gasteiger partial charge in [0.05, 0.1) is 24.8 Å². The average molecular weight is 264 g/mol. The summed E-state index contributed by atoms with van der Waals surface area (Å²) >= 11 is 5.69. The van der Waals surface area contributed by atoms with Gasteiger partial charge >= 0.3 is 0 Å². The highest BCUT2D eigenvalue weighted by Gasteiger charge is 2.25. The monoisotopic (exact) mass is 263 g/mol. The fourth-order valence-electron chi connectivity index (χ4n) is 1.78. The molecule has 1 N–H and O–H groups in total. The van der Waals surface area contributed by atoms with Crippen molar-refractivity contribution in [2.24, 2.45) is 0 Å². The summed E-state index contributed by atoms with van der Waals surface area (Å²) in [7, 11) is 1.20. The first-order chi connectivity index (χ1) is 8.15. The van der Waals surface area contributed by atoms with Crippen LogP contribution in [0.25, 0.3) is 0 Å². The number of morpholine rings is 1. The molecule has 0 saturated carbocycles. The Morgan fingerprint density at radius 3 is 2.82 bits per heavy atom. The molecule has 1 unspecified atom stereocenters. The number of nitrogens with one attached hydrogen (secondary N) is 1. The van der Waals surface area contributed by atoms with Gasteiger partial charge in [-0.15, -0.1) is 0 Å². The van der Waals surface area contributed by atoms with Crippen LogP contribution in [-0.2, 0) is 4.74 Å². The second-order valence-corrected chi connectivity index (χ2v) is 4.08. The van der Waals surface area contributed by atoms with Crippen molar-refractivity contribution in [1.82, 2.24) is 5.32 Å². The lowest BCUT2D eigenvalue weighted by Gasteiger charge is -2.25. The van der Waals surface area contributed by atoms with E-state index in [2.05, 4.69) is 10.1 Å². The minimum Gasteiger partial charge on any atom is -0.491 e. The highest BCUT2D eigenvalue weighted by molar-refractivity contribution is 6.31. The minimum atomic E-state index is -0.890. The topological polar surface area (TPSA) is 30.5 Å². The summed E-state index contributed by atoms with van der Waals surface area (Å²) in [5.41, 5.74) is 0.209. The molecule has 1 aromatic rings. The maximum absolute atomic E-state index is 14.0. The van der Waals surface area contributed by atoms with Gasteiger partial charge < -0.3 is 14.8 Å². The molecular formula is C11H12ClF2NO2. The Morgan fingerprint density at radius 1 is 1.47 bits per heavy atom. The summed E-state index contributed by atoms with van der Waals surface area (Å²) < 4.78 is 37.5. The standard InChI is InChI=1S/C11H12ClF2NO2/c1-16-11-9(13)6(4-7(12)10(11)14)8-5-15-2-3-17-8/h4,8,15H,2-3,5H2,1H3. The first kappa shape index (κ1) is 12.5. The van der Waals surface area contributed by atoms with Gasteiger partial charge in [0.25, 0.3) is 0 Å². The van der Waals surface area contributed by atoms with Crippen LogP contribution in [0.5, 0.6) is 5.75 Å². The van der Waals surface area contributed by atoms with Crippen molar-refractivity contribution in [3.05, 3.63) is 28.3 Å². The van der Waals surface area contributed by atoms with Gasteiger partial charge in [0, 0.05) is 18.7 Å². The summed E-state index contributed by atoms with van der Waals surface area (Å²) in [5.74, 6) is -2.12. The predicted molar refractivity (Wildman–Crippen MR) is 59.5 cm³/mol. The Hall–Kier alpha value is -0.910. The molecule has 3 nitrogen and oxygen atoms in total. The first-order valence-corrected chi connectivity index (χ1v) is 5.56. The molecule has 1 aliphatic rings. The van der Waals surface area contributed by atoms with Crippen LogP contribution in [0.4, 0.5) is 8.78 Å². The van der Waals surface area contributed by atoms with E-state index in [1.807, 2.05) is 0 Å². The molecule has 17 heavy (non-hydrogen) atoms. The molecule has 1 aliphatic heterocycles. The smallest absolute Gasteiger partial charge is 0.192 e. The molecule has 6 heteroatoms. The van der Waals surface area contributed by atoms with Crippen LogP contribution >= 0.6 is 11.6 Å². The molecule has 94 valence electrons. The van der Waals surface area contributed by atoms with Gasteiger partial charge in [-0.05, 0) is 6.07 Å². The molecule has 0 amide bonds. The van der Waals surface area contributed by atoms with Crippen molar-refractivity contribution in [2.45, 2.75) is 6.10 Å². The summed E-state index contributed by atoms with van der Waals surface area (Å²) in [4.78, 5) is 0. The number of halogens is 3. The van der Waals surface area contributed by atoms with Crippen molar-refractivity contribution in [2.75, 3.05) is 26.8 Å².